The van der Waals surface area contributed by atoms with Gasteiger partial charge in [0.1, 0.15) is 6.61 Å². The number of cyclic esters (lactones) is 1. The van der Waals surface area contributed by atoms with Crippen molar-refractivity contribution >= 4 is 12.0 Å². The number of fused-ring (bicyclic) bond motifs is 1. The van der Waals surface area contributed by atoms with E-state index in [9.17, 15) is 9.59 Å². The number of likely N-dealkylation sites (tertiary alicyclic amines) is 1. The Balaban J connectivity index is 1.29. The Hall–Kier alpha value is -2.04. The van der Waals surface area contributed by atoms with E-state index in [4.69, 9.17) is 4.74 Å². The molecule has 5 rings (SSSR count). The molecule has 1 aromatic rings. The van der Waals surface area contributed by atoms with E-state index >= 15 is 0 Å². The van der Waals surface area contributed by atoms with Crippen molar-refractivity contribution in [1.29, 1.82) is 0 Å². The average molecular weight is 383 g/mol. The molecule has 28 heavy (non-hydrogen) atoms. The standard InChI is InChI=1S/C23H30N2O3/c1-21(2,3)15-7-5-6-14(10-15)18-17-11-25(12-22(17,18)4)19(26)16-8-9-23(16)13-28-20(27)24-23/h5-7,10,16-18H,8-9,11-13H2,1-4H3,(H,24,27)/t16?,17?,18?,22-,23?/m1/s1. The highest BCUT2D eigenvalue weighted by atomic mass is 16.6. The fraction of sp³-hybridized carbons (Fsp3) is 0.652. The van der Waals surface area contributed by atoms with E-state index in [1.807, 2.05) is 4.90 Å². The molecule has 4 unspecified atom stereocenters. The highest BCUT2D eigenvalue weighted by Gasteiger charge is 2.68. The Labute approximate surface area is 166 Å². The number of carbonyl (C=O) groups excluding carboxylic acids is 2. The number of alkyl carbamates (subject to hydrolysis) is 1. The molecule has 1 aromatic carbocycles. The molecule has 0 bridgehead atoms. The lowest BCUT2D eigenvalue weighted by Crippen LogP contribution is -2.62. The van der Waals surface area contributed by atoms with Crippen LogP contribution < -0.4 is 5.32 Å². The third kappa shape index (κ3) is 2.44. The van der Waals surface area contributed by atoms with E-state index in [2.05, 4.69) is 57.3 Å². The monoisotopic (exact) mass is 382 g/mol. The van der Waals surface area contributed by atoms with E-state index in [1.165, 1.54) is 11.1 Å². The summed E-state index contributed by atoms with van der Waals surface area (Å²) in [7, 11) is 0. The summed E-state index contributed by atoms with van der Waals surface area (Å²) >= 11 is 0. The molecule has 5 nitrogen and oxygen atoms in total. The van der Waals surface area contributed by atoms with Gasteiger partial charge in [-0.25, -0.2) is 4.79 Å². The molecule has 4 aliphatic rings. The molecular weight excluding hydrogens is 352 g/mol. The van der Waals surface area contributed by atoms with Crippen molar-refractivity contribution in [1.82, 2.24) is 10.2 Å². The number of hydrogen-bond donors (Lipinski definition) is 1. The molecule has 2 saturated heterocycles. The first kappa shape index (κ1) is 18.0. The Morgan fingerprint density at radius 3 is 2.64 bits per heavy atom. The van der Waals surface area contributed by atoms with Gasteiger partial charge in [-0.05, 0) is 46.6 Å². The number of hydrogen-bond acceptors (Lipinski definition) is 3. The zero-order chi connectivity index (χ0) is 19.9. The minimum absolute atomic E-state index is 0.122. The second kappa shape index (κ2) is 5.52. The van der Waals surface area contributed by atoms with Gasteiger partial charge >= 0.3 is 6.09 Å². The highest BCUT2D eigenvalue weighted by molar-refractivity contribution is 5.84. The first-order valence-corrected chi connectivity index (χ1v) is 10.5. The van der Waals surface area contributed by atoms with E-state index in [-0.39, 0.29) is 28.7 Å². The van der Waals surface area contributed by atoms with Gasteiger partial charge in [0.25, 0.3) is 0 Å². The molecule has 2 saturated carbocycles. The van der Waals surface area contributed by atoms with E-state index < -0.39 is 5.54 Å². The van der Waals surface area contributed by atoms with E-state index in [0.717, 1.165) is 25.9 Å². The largest absolute Gasteiger partial charge is 0.447 e. The Bertz CT molecular complexity index is 860. The molecule has 5 atom stereocenters. The minimum Gasteiger partial charge on any atom is -0.447 e. The number of piperidine rings is 1. The molecule has 150 valence electrons. The third-order valence-electron chi connectivity index (χ3n) is 7.88. The fourth-order valence-electron chi connectivity index (χ4n) is 5.89. The highest BCUT2D eigenvalue weighted by Crippen LogP contribution is 2.68. The average Bonchev–Trinajstić information content (AvgIpc) is 2.92. The number of nitrogens with zero attached hydrogens (tertiary/aromatic N) is 1. The smallest absolute Gasteiger partial charge is 0.407 e. The van der Waals surface area contributed by atoms with Gasteiger partial charge in [-0.3, -0.25) is 4.79 Å². The predicted octanol–water partition coefficient (Wildman–Crippen LogP) is 3.43. The number of benzene rings is 1. The van der Waals surface area contributed by atoms with Crippen LogP contribution in [0.5, 0.6) is 0 Å². The molecular formula is C23H30N2O3. The number of nitrogens with one attached hydrogen (secondary N) is 1. The van der Waals surface area contributed by atoms with Crippen molar-refractivity contribution in [2.75, 3.05) is 19.7 Å². The Morgan fingerprint density at radius 2 is 2.11 bits per heavy atom. The maximum absolute atomic E-state index is 13.2. The quantitative estimate of drug-likeness (QED) is 0.852. The summed E-state index contributed by atoms with van der Waals surface area (Å²) in [6.07, 6.45) is 1.30. The Morgan fingerprint density at radius 1 is 1.32 bits per heavy atom. The summed E-state index contributed by atoms with van der Waals surface area (Å²) in [5, 5.41) is 2.90. The molecule has 2 aliphatic carbocycles. The van der Waals surface area contributed by atoms with Crippen LogP contribution in [-0.2, 0) is 14.9 Å². The number of ether oxygens (including phenoxy) is 1. The van der Waals surface area contributed by atoms with Gasteiger partial charge < -0.3 is 15.0 Å². The van der Waals surface area contributed by atoms with Gasteiger partial charge in [0.2, 0.25) is 5.91 Å². The SMILES string of the molecule is CC(C)(C)c1cccc(C2C3CN(C(=O)C4CCC45COC(=O)N5)C[C@]32C)c1. The summed E-state index contributed by atoms with van der Waals surface area (Å²) < 4.78 is 5.10. The lowest BCUT2D eigenvalue weighted by atomic mass is 9.66. The van der Waals surface area contributed by atoms with Gasteiger partial charge in [0.15, 0.2) is 0 Å². The third-order valence-corrected chi connectivity index (χ3v) is 7.88. The van der Waals surface area contributed by atoms with Crippen LogP contribution in [0, 0.1) is 17.3 Å². The molecule has 5 heteroatoms. The van der Waals surface area contributed by atoms with Crippen molar-refractivity contribution in [2.24, 2.45) is 17.3 Å². The van der Waals surface area contributed by atoms with Crippen LogP contribution in [0.15, 0.2) is 24.3 Å². The first-order chi connectivity index (χ1) is 13.1. The van der Waals surface area contributed by atoms with Crippen LogP contribution in [0.3, 0.4) is 0 Å². The maximum Gasteiger partial charge on any atom is 0.407 e. The van der Waals surface area contributed by atoms with Gasteiger partial charge in [-0.2, -0.15) is 0 Å². The van der Waals surface area contributed by atoms with Crippen LogP contribution in [0.2, 0.25) is 0 Å². The zero-order valence-corrected chi connectivity index (χ0v) is 17.2. The van der Waals surface area contributed by atoms with Gasteiger partial charge in [-0.15, -0.1) is 0 Å². The van der Waals surface area contributed by atoms with Crippen molar-refractivity contribution in [3.63, 3.8) is 0 Å². The second-order valence-electron chi connectivity index (χ2n) is 10.6. The molecule has 2 heterocycles. The maximum atomic E-state index is 13.2. The number of rotatable bonds is 2. The molecule has 0 aromatic heterocycles. The lowest BCUT2D eigenvalue weighted by molar-refractivity contribution is -0.143. The van der Waals surface area contributed by atoms with Crippen molar-refractivity contribution < 1.29 is 14.3 Å². The van der Waals surface area contributed by atoms with Crippen LogP contribution in [0.25, 0.3) is 0 Å². The van der Waals surface area contributed by atoms with Gasteiger partial charge in [0, 0.05) is 13.1 Å². The summed E-state index contributed by atoms with van der Waals surface area (Å²) in [5.74, 6) is 1.16. The predicted molar refractivity (Wildman–Crippen MR) is 106 cm³/mol. The molecule has 1 spiro atoms. The molecule has 2 aliphatic heterocycles. The fourth-order valence-corrected chi connectivity index (χ4v) is 5.89. The molecule has 2 amide bonds. The summed E-state index contributed by atoms with van der Waals surface area (Å²) in [6, 6.07) is 9.01. The number of amides is 2. The molecule has 4 fully saturated rings. The lowest BCUT2D eigenvalue weighted by Gasteiger charge is -2.45. The van der Waals surface area contributed by atoms with Crippen LogP contribution >= 0.6 is 0 Å². The van der Waals surface area contributed by atoms with Crippen molar-refractivity contribution in [2.45, 2.75) is 57.4 Å². The summed E-state index contributed by atoms with van der Waals surface area (Å²) in [5.41, 5.74) is 2.68. The van der Waals surface area contributed by atoms with Crippen molar-refractivity contribution in [3.8, 4) is 0 Å². The zero-order valence-electron chi connectivity index (χ0n) is 17.2. The van der Waals surface area contributed by atoms with Crippen LogP contribution in [0.1, 0.15) is 57.6 Å². The Kier molecular flexibility index (Phi) is 3.55. The van der Waals surface area contributed by atoms with Crippen LogP contribution in [0.4, 0.5) is 4.79 Å². The molecule has 0 radical (unpaired) electrons. The van der Waals surface area contributed by atoms with Gasteiger partial charge in [-0.1, -0.05) is 52.0 Å². The second-order valence-corrected chi connectivity index (χ2v) is 10.6. The molecule has 1 N–H and O–H groups in total. The minimum atomic E-state index is -0.442. The first-order valence-electron chi connectivity index (χ1n) is 10.5. The summed E-state index contributed by atoms with van der Waals surface area (Å²) in [4.78, 5) is 26.7. The van der Waals surface area contributed by atoms with Gasteiger partial charge in [0.05, 0.1) is 11.5 Å². The summed E-state index contributed by atoms with van der Waals surface area (Å²) in [6.45, 7) is 11.1. The normalized spacial score (nSPS) is 38.6. The van der Waals surface area contributed by atoms with E-state index in [1.54, 1.807) is 0 Å². The van der Waals surface area contributed by atoms with E-state index in [0.29, 0.717) is 18.4 Å². The van der Waals surface area contributed by atoms with Crippen molar-refractivity contribution in [3.05, 3.63) is 35.4 Å². The van der Waals surface area contributed by atoms with Crippen LogP contribution in [-0.4, -0.2) is 42.1 Å². The number of carbonyl (C=O) groups is 2. The topological polar surface area (TPSA) is 58.6 Å².